The molecule has 3 rings (SSSR count). The molecule has 0 aromatic carbocycles. The van der Waals surface area contributed by atoms with Gasteiger partial charge in [0, 0.05) is 25.9 Å². The van der Waals surface area contributed by atoms with Crippen molar-refractivity contribution < 1.29 is 78.4 Å². The molecule has 0 radical (unpaired) electrons. The molecule has 0 spiro atoms. The van der Waals surface area contributed by atoms with Gasteiger partial charge in [0.25, 0.3) is 11.8 Å². The molecule has 3 fully saturated rings. The van der Waals surface area contributed by atoms with Crippen LogP contribution >= 0.6 is 0 Å². The molecular formula is C26H42N4O16. The first kappa shape index (κ1) is 37.6. The van der Waals surface area contributed by atoms with Gasteiger partial charge < -0.3 is 65.1 Å². The van der Waals surface area contributed by atoms with Crippen LogP contribution in [0.3, 0.4) is 0 Å². The summed E-state index contributed by atoms with van der Waals surface area (Å²) in [7, 11) is 0. The van der Waals surface area contributed by atoms with Gasteiger partial charge >= 0.3 is 5.97 Å². The predicted molar refractivity (Wildman–Crippen MR) is 146 cm³/mol. The van der Waals surface area contributed by atoms with Crippen LogP contribution in [0.2, 0.25) is 0 Å². The molecule has 20 nitrogen and oxygen atoms in total. The van der Waals surface area contributed by atoms with Crippen molar-refractivity contribution in [3.05, 3.63) is 0 Å². The van der Waals surface area contributed by atoms with Crippen molar-refractivity contribution in [2.45, 2.75) is 88.1 Å². The van der Waals surface area contributed by atoms with E-state index in [0.717, 1.165) is 4.90 Å². The van der Waals surface area contributed by atoms with Crippen LogP contribution in [0, 0.1) is 0 Å². The molecule has 3 aliphatic heterocycles. The van der Waals surface area contributed by atoms with Crippen LogP contribution in [0.1, 0.15) is 26.7 Å². The van der Waals surface area contributed by atoms with E-state index in [2.05, 4.69) is 10.6 Å². The molecule has 3 saturated heterocycles. The van der Waals surface area contributed by atoms with E-state index >= 15 is 0 Å². The highest BCUT2D eigenvalue weighted by Gasteiger charge is 2.43. The average Bonchev–Trinajstić information content (AvgIpc) is 3.31. The van der Waals surface area contributed by atoms with E-state index in [4.69, 9.17) is 23.8 Å². The Morgan fingerprint density at radius 2 is 1.13 bits per heavy atom. The van der Waals surface area contributed by atoms with Crippen LogP contribution in [0.4, 0.5) is 0 Å². The van der Waals surface area contributed by atoms with Gasteiger partial charge in [0.05, 0.1) is 38.5 Å². The third-order valence-electron chi connectivity index (χ3n) is 7.32. The van der Waals surface area contributed by atoms with Gasteiger partial charge in [-0.1, -0.05) is 0 Å². The zero-order chi connectivity index (χ0) is 34.1. The molecule has 46 heavy (non-hydrogen) atoms. The van der Waals surface area contributed by atoms with E-state index in [0.29, 0.717) is 5.06 Å². The van der Waals surface area contributed by atoms with Crippen LogP contribution in [-0.4, -0.2) is 178 Å². The number of nitrogens with one attached hydrogen (secondary N) is 2. The number of amides is 4. The summed E-state index contributed by atoms with van der Waals surface area (Å²) >= 11 is 0. The number of carbonyl (C=O) groups excluding carboxylic acids is 5. The number of carbonyl (C=O) groups is 5. The van der Waals surface area contributed by atoms with Crippen LogP contribution in [-0.2, 0) is 47.8 Å². The molecule has 3 aliphatic rings. The SMILES string of the molecule is C[C@@H]1O[C@@H](OCCNC(=O)CN(CC(=O)NCCO[C@@H]2O[C@@H](C)[C@@H](O)[C@@H](O)[C@@H]2O)CC(=O)ON2C(=O)CCC2=O)[C@@H](O)[C@H](O)[C@@H]1O. The van der Waals surface area contributed by atoms with E-state index < -0.39 is 111 Å². The second-order valence-corrected chi connectivity index (χ2v) is 11.0. The van der Waals surface area contributed by atoms with Gasteiger partial charge in [-0.05, 0) is 13.8 Å². The number of aliphatic hydroxyl groups is 6. The minimum atomic E-state index is -1.54. The van der Waals surface area contributed by atoms with Gasteiger partial charge in [0.15, 0.2) is 12.6 Å². The van der Waals surface area contributed by atoms with Gasteiger partial charge in [-0.25, -0.2) is 4.79 Å². The lowest BCUT2D eigenvalue weighted by Crippen LogP contribution is -2.57. The lowest BCUT2D eigenvalue weighted by molar-refractivity contribution is -0.292. The average molecular weight is 667 g/mol. The molecule has 20 heteroatoms. The van der Waals surface area contributed by atoms with Crippen molar-refractivity contribution in [3.63, 3.8) is 0 Å². The summed E-state index contributed by atoms with van der Waals surface area (Å²) in [4.78, 5) is 67.2. The standard InChI is InChI=1S/C26H42N4O16/c1-12-19(36)21(38)23(40)25(44-12)42-7-5-27-14(31)9-29(11-18(35)46-30-16(33)3-4-17(30)34)10-15(32)28-6-8-43-26-24(41)22(39)20(37)13(2)45-26/h12-13,19-26,36-41H,3-11H2,1-2H3,(H,27,31)(H,28,32)/t12-,13-,19+,20+,21+,22+,23-,24-,25+,26+/m0/s1. The number of imide groups is 1. The molecule has 0 unspecified atom stereocenters. The quantitative estimate of drug-likeness (QED) is 0.0596. The fourth-order valence-corrected chi connectivity index (χ4v) is 4.69. The van der Waals surface area contributed by atoms with Crippen LogP contribution in [0.5, 0.6) is 0 Å². The van der Waals surface area contributed by atoms with E-state index in [1.807, 2.05) is 0 Å². The van der Waals surface area contributed by atoms with Crippen LogP contribution < -0.4 is 10.6 Å². The summed E-state index contributed by atoms with van der Waals surface area (Å²) in [6, 6.07) is 0. The minimum absolute atomic E-state index is 0.115. The maximum absolute atomic E-state index is 12.6. The molecule has 4 amide bonds. The van der Waals surface area contributed by atoms with Gasteiger partial charge in [-0.3, -0.25) is 24.1 Å². The minimum Gasteiger partial charge on any atom is -0.388 e. The topological polar surface area (TPSA) is 283 Å². The fraction of sp³-hybridized carbons (Fsp3) is 0.808. The summed E-state index contributed by atoms with van der Waals surface area (Å²) in [5.41, 5.74) is 0. The maximum atomic E-state index is 12.6. The van der Waals surface area contributed by atoms with Crippen molar-refractivity contribution in [1.82, 2.24) is 20.6 Å². The van der Waals surface area contributed by atoms with E-state index in [1.54, 1.807) is 0 Å². The Morgan fingerprint density at radius 1 is 0.717 bits per heavy atom. The highest BCUT2D eigenvalue weighted by atomic mass is 16.7. The smallest absolute Gasteiger partial charge is 0.347 e. The maximum Gasteiger partial charge on any atom is 0.347 e. The molecule has 0 aliphatic carbocycles. The van der Waals surface area contributed by atoms with Crippen molar-refractivity contribution in [3.8, 4) is 0 Å². The second kappa shape index (κ2) is 17.3. The Hall–Kier alpha value is -2.89. The van der Waals surface area contributed by atoms with Crippen molar-refractivity contribution in [2.24, 2.45) is 0 Å². The number of hydrogen-bond acceptors (Lipinski definition) is 17. The molecular weight excluding hydrogens is 624 g/mol. The van der Waals surface area contributed by atoms with E-state index in [9.17, 15) is 54.6 Å². The summed E-state index contributed by atoms with van der Waals surface area (Å²) in [6.07, 6.45) is -13.2. The lowest BCUT2D eigenvalue weighted by atomic mass is 10.0. The van der Waals surface area contributed by atoms with Crippen molar-refractivity contribution in [1.29, 1.82) is 0 Å². The Labute approximate surface area is 263 Å². The Kier molecular flexibility index (Phi) is 14.1. The van der Waals surface area contributed by atoms with E-state index in [-0.39, 0.29) is 39.1 Å². The molecule has 8 N–H and O–H groups in total. The molecule has 0 aromatic heterocycles. The lowest BCUT2D eigenvalue weighted by Gasteiger charge is -2.38. The number of hydrogen-bond donors (Lipinski definition) is 8. The van der Waals surface area contributed by atoms with Crippen molar-refractivity contribution in [2.75, 3.05) is 45.9 Å². The Balaban J connectivity index is 1.47. The number of nitrogens with zero attached hydrogens (tertiary/aromatic N) is 2. The normalized spacial score (nSPS) is 33.3. The van der Waals surface area contributed by atoms with Gasteiger partial charge in [0.2, 0.25) is 11.8 Å². The van der Waals surface area contributed by atoms with Gasteiger partial charge in [0.1, 0.15) is 43.2 Å². The number of ether oxygens (including phenoxy) is 4. The molecule has 10 atom stereocenters. The van der Waals surface area contributed by atoms with Gasteiger partial charge in [-0.15, -0.1) is 5.06 Å². The van der Waals surface area contributed by atoms with Crippen LogP contribution in [0.15, 0.2) is 0 Å². The highest BCUT2D eigenvalue weighted by molar-refractivity contribution is 6.01. The molecule has 0 bridgehead atoms. The van der Waals surface area contributed by atoms with Crippen LogP contribution in [0.25, 0.3) is 0 Å². The molecule has 3 heterocycles. The molecule has 0 aromatic rings. The first-order valence-electron chi connectivity index (χ1n) is 14.6. The summed E-state index contributed by atoms with van der Waals surface area (Å²) < 4.78 is 21.3. The summed E-state index contributed by atoms with van der Waals surface area (Å²) in [5, 5.41) is 64.6. The fourth-order valence-electron chi connectivity index (χ4n) is 4.69. The van der Waals surface area contributed by atoms with Gasteiger partial charge in [-0.2, -0.15) is 0 Å². The Morgan fingerprint density at radius 3 is 1.54 bits per heavy atom. The molecule has 0 saturated carbocycles. The zero-order valence-electron chi connectivity index (χ0n) is 25.3. The van der Waals surface area contributed by atoms with Crippen molar-refractivity contribution >= 4 is 29.6 Å². The highest BCUT2D eigenvalue weighted by Crippen LogP contribution is 2.22. The predicted octanol–water partition coefficient (Wildman–Crippen LogP) is -6.18. The zero-order valence-corrected chi connectivity index (χ0v) is 25.3. The third kappa shape index (κ3) is 10.3. The first-order valence-corrected chi connectivity index (χ1v) is 14.6. The number of aliphatic hydroxyl groups excluding tert-OH is 6. The third-order valence-corrected chi connectivity index (χ3v) is 7.32. The number of rotatable bonds is 15. The first-order chi connectivity index (χ1) is 21.7. The van der Waals surface area contributed by atoms with E-state index in [1.165, 1.54) is 13.8 Å². The number of hydroxylamine groups is 2. The summed E-state index contributed by atoms with van der Waals surface area (Å²) in [6.45, 7) is 0.639. The monoisotopic (exact) mass is 666 g/mol. The molecule has 262 valence electrons. The summed E-state index contributed by atoms with van der Waals surface area (Å²) in [5.74, 6) is -3.87. The second-order valence-electron chi connectivity index (χ2n) is 11.0. The largest absolute Gasteiger partial charge is 0.388 e. The Bertz CT molecular complexity index is 1010.